The molecule has 3 rings (SSSR count). The molecule has 0 aliphatic carbocycles. The van der Waals surface area contributed by atoms with Crippen molar-refractivity contribution in [2.75, 3.05) is 26.2 Å². The molecule has 3 heterocycles. The number of alkyl halides is 2. The van der Waals surface area contributed by atoms with E-state index in [1.807, 2.05) is 6.92 Å². The smallest absolute Gasteiger partial charge is 0.262 e. The number of hydrogen-bond acceptors (Lipinski definition) is 4. The van der Waals surface area contributed by atoms with Crippen molar-refractivity contribution in [1.29, 1.82) is 0 Å². The normalized spacial score (nSPS) is 23.4. The fourth-order valence-corrected chi connectivity index (χ4v) is 3.49. The molecule has 0 bridgehead atoms. The molecule has 1 atom stereocenters. The molecule has 0 unspecified atom stereocenters. The Morgan fingerprint density at radius 3 is 2.76 bits per heavy atom. The van der Waals surface area contributed by atoms with E-state index in [4.69, 9.17) is 0 Å². The first kappa shape index (κ1) is 17.7. The van der Waals surface area contributed by atoms with Gasteiger partial charge in [0.25, 0.3) is 11.8 Å². The summed E-state index contributed by atoms with van der Waals surface area (Å²) in [6, 6.07) is 1.27. The van der Waals surface area contributed by atoms with Crippen LogP contribution in [0.15, 0.2) is 18.5 Å². The first-order valence-electron chi connectivity index (χ1n) is 8.35. The Bertz CT molecular complexity index is 676. The molecule has 0 saturated carbocycles. The van der Waals surface area contributed by atoms with Crippen LogP contribution in [0, 0.1) is 6.92 Å². The Kier molecular flexibility index (Phi) is 4.73. The minimum absolute atomic E-state index is 0.104. The average Bonchev–Trinajstić information content (AvgIpc) is 2.78. The maximum absolute atomic E-state index is 13.8. The minimum atomic E-state index is -2.76. The molecule has 2 aliphatic heterocycles. The van der Waals surface area contributed by atoms with E-state index in [1.165, 1.54) is 13.1 Å². The Morgan fingerprint density at radius 1 is 1.40 bits per heavy atom. The number of carbonyl (C=O) groups excluding carboxylic acids is 2. The van der Waals surface area contributed by atoms with Gasteiger partial charge in [-0.15, -0.1) is 0 Å². The maximum Gasteiger partial charge on any atom is 0.262 e. The van der Waals surface area contributed by atoms with Crippen LogP contribution in [0.1, 0.15) is 29.3 Å². The Balaban J connectivity index is 1.61. The van der Waals surface area contributed by atoms with Gasteiger partial charge in [0.1, 0.15) is 0 Å². The standard InChI is InChI=1S/C17H22F2N4O2/c1-11-3-4-20-7-15(11)16(25)22-8-14(9-22)23-10-17(18,19)5-13(23)6-21-12(2)24/h3-4,7,13-14H,5-6,8-10H2,1-2H3,(H,21,24)/t13-/m0/s1. The highest BCUT2D eigenvalue weighted by molar-refractivity contribution is 5.95. The summed E-state index contributed by atoms with van der Waals surface area (Å²) in [5, 5.41) is 2.62. The second kappa shape index (κ2) is 6.67. The molecule has 2 fully saturated rings. The van der Waals surface area contributed by atoms with Crippen LogP contribution in [0.5, 0.6) is 0 Å². The lowest BCUT2D eigenvalue weighted by atomic mass is 10.0. The highest BCUT2D eigenvalue weighted by atomic mass is 19.3. The number of rotatable bonds is 4. The van der Waals surface area contributed by atoms with E-state index < -0.39 is 12.0 Å². The number of aryl methyl sites for hydroxylation is 1. The molecule has 2 saturated heterocycles. The van der Waals surface area contributed by atoms with Crippen LogP contribution in [0.2, 0.25) is 0 Å². The van der Waals surface area contributed by atoms with Crippen LogP contribution < -0.4 is 5.32 Å². The summed E-state index contributed by atoms with van der Waals surface area (Å²) in [5.74, 6) is -3.10. The third kappa shape index (κ3) is 3.78. The van der Waals surface area contributed by atoms with Crippen molar-refractivity contribution in [3.8, 4) is 0 Å². The van der Waals surface area contributed by atoms with Crippen molar-refractivity contribution >= 4 is 11.8 Å². The Morgan fingerprint density at radius 2 is 2.12 bits per heavy atom. The first-order valence-corrected chi connectivity index (χ1v) is 8.35. The lowest BCUT2D eigenvalue weighted by Crippen LogP contribution is -2.63. The van der Waals surface area contributed by atoms with Gasteiger partial charge in [-0.3, -0.25) is 19.5 Å². The Labute approximate surface area is 145 Å². The third-order valence-corrected chi connectivity index (χ3v) is 4.89. The monoisotopic (exact) mass is 352 g/mol. The van der Waals surface area contributed by atoms with Gasteiger partial charge in [0.2, 0.25) is 5.91 Å². The van der Waals surface area contributed by atoms with Gasteiger partial charge in [0, 0.05) is 57.5 Å². The maximum atomic E-state index is 13.8. The molecular weight excluding hydrogens is 330 g/mol. The summed E-state index contributed by atoms with van der Waals surface area (Å²) in [6.45, 7) is 3.93. The van der Waals surface area contributed by atoms with Crippen molar-refractivity contribution in [3.05, 3.63) is 29.6 Å². The zero-order valence-electron chi connectivity index (χ0n) is 14.3. The lowest BCUT2D eigenvalue weighted by molar-refractivity contribution is -0.119. The SMILES string of the molecule is CC(=O)NC[C@@H]1CC(F)(F)CN1C1CN(C(=O)c2cnccc2C)C1. The van der Waals surface area contributed by atoms with Crippen LogP contribution >= 0.6 is 0 Å². The largest absolute Gasteiger partial charge is 0.355 e. The molecule has 1 aromatic heterocycles. The van der Waals surface area contributed by atoms with E-state index in [9.17, 15) is 18.4 Å². The number of nitrogens with zero attached hydrogens (tertiary/aromatic N) is 3. The number of hydrogen-bond donors (Lipinski definition) is 1. The third-order valence-electron chi connectivity index (χ3n) is 4.89. The van der Waals surface area contributed by atoms with Gasteiger partial charge in [0.15, 0.2) is 0 Å². The second-order valence-electron chi connectivity index (χ2n) is 6.88. The predicted octanol–water partition coefficient (Wildman–Crippen LogP) is 1.06. The van der Waals surface area contributed by atoms with E-state index in [0.29, 0.717) is 18.7 Å². The number of halogens is 2. The van der Waals surface area contributed by atoms with E-state index in [0.717, 1.165) is 5.56 Å². The number of likely N-dealkylation sites (tertiary alicyclic amines) is 2. The molecule has 0 spiro atoms. The van der Waals surface area contributed by atoms with E-state index in [1.54, 1.807) is 22.1 Å². The van der Waals surface area contributed by atoms with E-state index >= 15 is 0 Å². The molecule has 2 aliphatic rings. The molecule has 0 aromatic carbocycles. The van der Waals surface area contributed by atoms with Gasteiger partial charge in [0.05, 0.1) is 12.1 Å². The summed E-state index contributed by atoms with van der Waals surface area (Å²) in [4.78, 5) is 30.9. The highest BCUT2D eigenvalue weighted by Gasteiger charge is 2.50. The molecule has 6 nitrogen and oxygen atoms in total. The molecule has 8 heteroatoms. The number of pyridine rings is 1. The molecule has 136 valence electrons. The number of aromatic nitrogens is 1. The summed E-state index contributed by atoms with van der Waals surface area (Å²) in [5.41, 5.74) is 1.39. The zero-order valence-corrected chi connectivity index (χ0v) is 14.3. The fourth-order valence-electron chi connectivity index (χ4n) is 3.49. The van der Waals surface area contributed by atoms with Gasteiger partial charge in [-0.05, 0) is 18.6 Å². The summed E-state index contributed by atoms with van der Waals surface area (Å²) in [7, 11) is 0. The summed E-state index contributed by atoms with van der Waals surface area (Å²) < 4.78 is 27.6. The number of nitrogens with one attached hydrogen (secondary N) is 1. The van der Waals surface area contributed by atoms with Crippen molar-refractivity contribution in [3.63, 3.8) is 0 Å². The van der Waals surface area contributed by atoms with E-state index in [-0.39, 0.29) is 37.4 Å². The molecule has 25 heavy (non-hydrogen) atoms. The van der Waals surface area contributed by atoms with Crippen molar-refractivity contribution in [1.82, 2.24) is 20.1 Å². The van der Waals surface area contributed by atoms with Crippen molar-refractivity contribution in [2.24, 2.45) is 0 Å². The highest BCUT2D eigenvalue weighted by Crippen LogP contribution is 2.35. The quantitative estimate of drug-likeness (QED) is 0.880. The summed E-state index contributed by atoms with van der Waals surface area (Å²) in [6.07, 6.45) is 2.90. The molecular formula is C17H22F2N4O2. The zero-order chi connectivity index (χ0) is 18.2. The summed E-state index contributed by atoms with van der Waals surface area (Å²) >= 11 is 0. The van der Waals surface area contributed by atoms with Gasteiger partial charge >= 0.3 is 0 Å². The van der Waals surface area contributed by atoms with Gasteiger partial charge in [-0.25, -0.2) is 8.78 Å². The number of carbonyl (C=O) groups is 2. The lowest BCUT2D eigenvalue weighted by Gasteiger charge is -2.46. The average molecular weight is 352 g/mol. The minimum Gasteiger partial charge on any atom is -0.355 e. The van der Waals surface area contributed by atoms with Crippen LogP contribution in [0.4, 0.5) is 8.78 Å². The Hall–Kier alpha value is -2.09. The van der Waals surface area contributed by atoms with Crippen LogP contribution in [0.3, 0.4) is 0 Å². The fraction of sp³-hybridized carbons (Fsp3) is 0.588. The molecule has 1 aromatic rings. The van der Waals surface area contributed by atoms with Gasteiger partial charge in [-0.1, -0.05) is 0 Å². The molecule has 2 amide bonds. The van der Waals surface area contributed by atoms with Gasteiger partial charge in [-0.2, -0.15) is 0 Å². The van der Waals surface area contributed by atoms with Crippen LogP contribution in [-0.2, 0) is 4.79 Å². The van der Waals surface area contributed by atoms with E-state index in [2.05, 4.69) is 10.3 Å². The van der Waals surface area contributed by atoms with Crippen molar-refractivity contribution in [2.45, 2.75) is 38.3 Å². The van der Waals surface area contributed by atoms with Crippen LogP contribution in [-0.4, -0.2) is 70.8 Å². The number of amides is 2. The topological polar surface area (TPSA) is 65.5 Å². The van der Waals surface area contributed by atoms with Crippen LogP contribution in [0.25, 0.3) is 0 Å². The molecule has 0 radical (unpaired) electrons. The van der Waals surface area contributed by atoms with Gasteiger partial charge < -0.3 is 10.2 Å². The second-order valence-corrected chi connectivity index (χ2v) is 6.88. The van der Waals surface area contributed by atoms with Crippen molar-refractivity contribution < 1.29 is 18.4 Å². The molecule has 1 N–H and O–H groups in total. The predicted molar refractivity (Wildman–Crippen MR) is 87.4 cm³/mol. The first-order chi connectivity index (χ1) is 11.8.